The molecule has 0 amide bonds. The van der Waals surface area contributed by atoms with Gasteiger partial charge in [0, 0.05) is 17.1 Å². The van der Waals surface area contributed by atoms with Gasteiger partial charge in [0.1, 0.15) is 5.75 Å². The van der Waals surface area contributed by atoms with Crippen molar-refractivity contribution in [2.24, 2.45) is 0 Å². The van der Waals surface area contributed by atoms with Gasteiger partial charge >= 0.3 is 0 Å². The third kappa shape index (κ3) is 5.18. The SMILES string of the molecule is CC(C)Oc1ccc(CN[C@H](C)c2cccc(Br)c2)cc1. The highest BCUT2D eigenvalue weighted by Crippen LogP contribution is 2.19. The monoisotopic (exact) mass is 347 g/mol. The molecular formula is C18H22BrNO. The molecule has 21 heavy (non-hydrogen) atoms. The van der Waals surface area contributed by atoms with Crippen LogP contribution in [0.15, 0.2) is 53.0 Å². The molecule has 0 aromatic heterocycles. The minimum absolute atomic E-state index is 0.213. The first-order valence-corrected chi connectivity index (χ1v) is 8.08. The summed E-state index contributed by atoms with van der Waals surface area (Å²) in [6.45, 7) is 7.10. The van der Waals surface area contributed by atoms with Crippen LogP contribution >= 0.6 is 15.9 Å². The van der Waals surface area contributed by atoms with Crippen LogP contribution in [0.25, 0.3) is 0 Å². The standard InChI is InChI=1S/C18H22BrNO/c1-13(2)21-18-9-7-15(8-10-18)12-20-14(3)16-5-4-6-17(19)11-16/h4-11,13-14,20H,12H2,1-3H3/t14-/m1/s1. The summed E-state index contributed by atoms with van der Waals surface area (Å²) >= 11 is 3.51. The van der Waals surface area contributed by atoms with Gasteiger partial charge in [0.25, 0.3) is 0 Å². The Labute approximate surface area is 135 Å². The van der Waals surface area contributed by atoms with Gasteiger partial charge in [-0.25, -0.2) is 0 Å². The third-order valence-corrected chi connectivity index (χ3v) is 3.75. The lowest BCUT2D eigenvalue weighted by Gasteiger charge is -2.15. The Balaban J connectivity index is 1.90. The van der Waals surface area contributed by atoms with E-state index in [1.165, 1.54) is 11.1 Å². The molecule has 1 N–H and O–H groups in total. The first-order valence-electron chi connectivity index (χ1n) is 7.29. The maximum atomic E-state index is 5.65. The van der Waals surface area contributed by atoms with E-state index >= 15 is 0 Å². The first-order chi connectivity index (χ1) is 10.0. The van der Waals surface area contributed by atoms with Crippen LogP contribution < -0.4 is 10.1 Å². The maximum Gasteiger partial charge on any atom is 0.119 e. The first kappa shape index (κ1) is 16.1. The molecule has 112 valence electrons. The zero-order chi connectivity index (χ0) is 15.2. The number of benzene rings is 2. The molecule has 0 aliphatic heterocycles. The number of rotatable bonds is 6. The van der Waals surface area contributed by atoms with Crippen LogP contribution in [0.5, 0.6) is 5.75 Å². The number of halogens is 1. The average Bonchev–Trinajstić information content (AvgIpc) is 2.45. The van der Waals surface area contributed by atoms with Crippen molar-refractivity contribution in [3.63, 3.8) is 0 Å². The molecule has 0 aliphatic carbocycles. The van der Waals surface area contributed by atoms with Crippen molar-refractivity contribution in [1.29, 1.82) is 0 Å². The van der Waals surface area contributed by atoms with E-state index in [2.05, 4.69) is 58.5 Å². The van der Waals surface area contributed by atoms with Gasteiger partial charge in [0.05, 0.1) is 6.10 Å². The Morgan fingerprint density at radius 2 is 1.76 bits per heavy atom. The summed E-state index contributed by atoms with van der Waals surface area (Å²) in [4.78, 5) is 0. The van der Waals surface area contributed by atoms with Crippen molar-refractivity contribution in [3.8, 4) is 5.75 Å². The molecule has 2 nitrogen and oxygen atoms in total. The second-order valence-corrected chi connectivity index (χ2v) is 6.38. The van der Waals surface area contributed by atoms with Crippen LogP contribution in [-0.2, 0) is 6.54 Å². The van der Waals surface area contributed by atoms with Crippen LogP contribution in [0.2, 0.25) is 0 Å². The summed E-state index contributed by atoms with van der Waals surface area (Å²) in [7, 11) is 0. The molecule has 0 radical (unpaired) electrons. The smallest absolute Gasteiger partial charge is 0.119 e. The number of hydrogen-bond acceptors (Lipinski definition) is 2. The predicted molar refractivity (Wildman–Crippen MR) is 91.6 cm³/mol. The van der Waals surface area contributed by atoms with E-state index in [0.717, 1.165) is 16.8 Å². The molecule has 0 spiro atoms. The minimum atomic E-state index is 0.213. The molecule has 3 heteroatoms. The summed E-state index contributed by atoms with van der Waals surface area (Å²) in [5.74, 6) is 0.925. The highest BCUT2D eigenvalue weighted by molar-refractivity contribution is 9.10. The Morgan fingerprint density at radius 3 is 2.38 bits per heavy atom. The van der Waals surface area contributed by atoms with Gasteiger partial charge in [0.2, 0.25) is 0 Å². The van der Waals surface area contributed by atoms with E-state index in [1.807, 2.05) is 32.0 Å². The molecule has 0 heterocycles. The zero-order valence-electron chi connectivity index (χ0n) is 12.8. The molecule has 0 unspecified atom stereocenters. The highest BCUT2D eigenvalue weighted by Gasteiger charge is 2.05. The summed E-state index contributed by atoms with van der Waals surface area (Å²) in [5, 5.41) is 3.54. The van der Waals surface area contributed by atoms with Gasteiger partial charge in [-0.1, -0.05) is 40.2 Å². The normalized spacial score (nSPS) is 12.4. The minimum Gasteiger partial charge on any atom is -0.491 e. The Kier molecular flexibility index (Phi) is 5.83. The quantitative estimate of drug-likeness (QED) is 0.785. The number of nitrogens with one attached hydrogen (secondary N) is 1. The van der Waals surface area contributed by atoms with Crippen molar-refractivity contribution in [2.45, 2.75) is 39.5 Å². The van der Waals surface area contributed by atoms with E-state index in [1.54, 1.807) is 0 Å². The average molecular weight is 348 g/mol. The van der Waals surface area contributed by atoms with Crippen molar-refractivity contribution >= 4 is 15.9 Å². The molecular weight excluding hydrogens is 326 g/mol. The van der Waals surface area contributed by atoms with E-state index in [9.17, 15) is 0 Å². The van der Waals surface area contributed by atoms with Crippen molar-refractivity contribution in [2.75, 3.05) is 0 Å². The topological polar surface area (TPSA) is 21.3 Å². The van der Waals surface area contributed by atoms with Crippen LogP contribution in [0.1, 0.15) is 37.9 Å². The molecule has 0 fully saturated rings. The zero-order valence-corrected chi connectivity index (χ0v) is 14.4. The second-order valence-electron chi connectivity index (χ2n) is 5.47. The summed E-state index contributed by atoms with van der Waals surface area (Å²) in [5.41, 5.74) is 2.54. The van der Waals surface area contributed by atoms with Crippen molar-refractivity contribution < 1.29 is 4.74 Å². The predicted octanol–water partition coefficient (Wildman–Crippen LogP) is 5.09. The molecule has 0 aliphatic rings. The lowest BCUT2D eigenvalue weighted by Crippen LogP contribution is -2.18. The lowest BCUT2D eigenvalue weighted by atomic mass is 10.1. The molecule has 2 aromatic rings. The maximum absolute atomic E-state index is 5.65. The van der Waals surface area contributed by atoms with Gasteiger partial charge in [-0.05, 0) is 56.2 Å². The highest BCUT2D eigenvalue weighted by atomic mass is 79.9. The Morgan fingerprint density at radius 1 is 1.05 bits per heavy atom. The van der Waals surface area contributed by atoms with E-state index < -0.39 is 0 Å². The van der Waals surface area contributed by atoms with Crippen LogP contribution in [0.3, 0.4) is 0 Å². The molecule has 0 bridgehead atoms. The van der Waals surface area contributed by atoms with Gasteiger partial charge in [-0.2, -0.15) is 0 Å². The van der Waals surface area contributed by atoms with E-state index in [4.69, 9.17) is 4.74 Å². The second kappa shape index (κ2) is 7.62. The van der Waals surface area contributed by atoms with Crippen LogP contribution in [-0.4, -0.2) is 6.10 Å². The van der Waals surface area contributed by atoms with Crippen LogP contribution in [0, 0.1) is 0 Å². The van der Waals surface area contributed by atoms with Gasteiger partial charge in [-0.3, -0.25) is 0 Å². The van der Waals surface area contributed by atoms with E-state index in [0.29, 0.717) is 6.04 Å². The third-order valence-electron chi connectivity index (χ3n) is 3.26. The summed E-state index contributed by atoms with van der Waals surface area (Å²) in [6.07, 6.45) is 0.213. The largest absolute Gasteiger partial charge is 0.491 e. The fourth-order valence-electron chi connectivity index (χ4n) is 2.12. The van der Waals surface area contributed by atoms with Crippen LogP contribution in [0.4, 0.5) is 0 Å². The van der Waals surface area contributed by atoms with Crippen molar-refractivity contribution in [3.05, 3.63) is 64.1 Å². The van der Waals surface area contributed by atoms with Gasteiger partial charge < -0.3 is 10.1 Å². The Hall–Kier alpha value is -1.32. The fraction of sp³-hybridized carbons (Fsp3) is 0.333. The molecule has 2 aromatic carbocycles. The fourth-order valence-corrected chi connectivity index (χ4v) is 2.54. The number of ether oxygens (including phenoxy) is 1. The van der Waals surface area contributed by atoms with E-state index in [-0.39, 0.29) is 6.10 Å². The molecule has 0 saturated carbocycles. The Bertz CT molecular complexity index is 566. The van der Waals surface area contributed by atoms with Gasteiger partial charge in [0.15, 0.2) is 0 Å². The summed E-state index contributed by atoms with van der Waals surface area (Å²) < 4.78 is 6.77. The van der Waals surface area contributed by atoms with Crippen molar-refractivity contribution in [1.82, 2.24) is 5.32 Å². The molecule has 1 atom stereocenters. The van der Waals surface area contributed by atoms with Gasteiger partial charge in [-0.15, -0.1) is 0 Å². The number of hydrogen-bond donors (Lipinski definition) is 1. The molecule has 0 saturated heterocycles. The molecule has 2 rings (SSSR count). The lowest BCUT2D eigenvalue weighted by molar-refractivity contribution is 0.242. The summed E-state index contributed by atoms with van der Waals surface area (Å²) in [6, 6.07) is 17.0.